The number of fused-ring (bicyclic) bond motifs is 5. The van der Waals surface area contributed by atoms with Crippen molar-refractivity contribution in [1.82, 2.24) is 0 Å². The molecule has 0 saturated carbocycles. The highest BCUT2D eigenvalue weighted by molar-refractivity contribution is 6.17. The molecular weight excluding hydrogens is 272 g/mol. The second kappa shape index (κ2) is 4.85. The molecule has 2 heteroatoms. The summed E-state index contributed by atoms with van der Waals surface area (Å²) in [7, 11) is 1.40. The predicted octanol–water partition coefficient (Wildman–Crippen LogP) is 4.93. The molecule has 0 N–H and O–H groups in total. The highest BCUT2D eigenvalue weighted by Crippen LogP contribution is 2.31. The average molecular weight is 286 g/mol. The summed E-state index contributed by atoms with van der Waals surface area (Å²) in [5.41, 5.74) is 0.579. The van der Waals surface area contributed by atoms with Crippen LogP contribution in [0.3, 0.4) is 0 Å². The van der Waals surface area contributed by atoms with Crippen LogP contribution in [0.5, 0.6) is 0 Å². The molecule has 0 spiro atoms. The second-order valence-electron chi connectivity index (χ2n) is 5.37. The van der Waals surface area contributed by atoms with E-state index in [1.165, 1.54) is 28.7 Å². The van der Waals surface area contributed by atoms with E-state index < -0.39 is 0 Å². The fourth-order valence-electron chi connectivity index (χ4n) is 3.07. The maximum Gasteiger partial charge on any atom is 0.337 e. The zero-order valence-corrected chi connectivity index (χ0v) is 12.2. The second-order valence-corrected chi connectivity index (χ2v) is 5.37. The van der Waals surface area contributed by atoms with Gasteiger partial charge in [-0.25, -0.2) is 4.79 Å². The number of carbonyl (C=O) groups excluding carboxylic acids is 1. The minimum absolute atomic E-state index is 0.305. The van der Waals surface area contributed by atoms with Crippen molar-refractivity contribution < 1.29 is 9.53 Å². The molecule has 22 heavy (non-hydrogen) atoms. The SMILES string of the molecule is COC(=O)c1ccc2c(ccc3c4ccccc4ccc23)c1. The molecule has 4 aromatic rings. The summed E-state index contributed by atoms with van der Waals surface area (Å²) in [6.45, 7) is 0. The van der Waals surface area contributed by atoms with Crippen LogP contribution < -0.4 is 0 Å². The summed E-state index contributed by atoms with van der Waals surface area (Å²) in [6.07, 6.45) is 0. The summed E-state index contributed by atoms with van der Waals surface area (Å²) < 4.78 is 4.79. The van der Waals surface area contributed by atoms with Crippen molar-refractivity contribution in [3.8, 4) is 0 Å². The lowest BCUT2D eigenvalue weighted by Crippen LogP contribution is -2.00. The van der Waals surface area contributed by atoms with Gasteiger partial charge in [0.2, 0.25) is 0 Å². The van der Waals surface area contributed by atoms with Crippen molar-refractivity contribution in [1.29, 1.82) is 0 Å². The largest absolute Gasteiger partial charge is 0.465 e. The molecule has 0 atom stereocenters. The first-order chi connectivity index (χ1) is 10.8. The van der Waals surface area contributed by atoms with E-state index in [9.17, 15) is 4.79 Å². The van der Waals surface area contributed by atoms with Gasteiger partial charge in [0.1, 0.15) is 0 Å². The Bertz CT molecular complexity index is 1030. The van der Waals surface area contributed by atoms with E-state index in [4.69, 9.17) is 4.74 Å². The van der Waals surface area contributed by atoms with Gasteiger partial charge in [0.05, 0.1) is 12.7 Å². The quantitative estimate of drug-likeness (QED) is 0.366. The summed E-state index contributed by atoms with van der Waals surface area (Å²) in [5, 5.41) is 7.12. The number of hydrogen-bond donors (Lipinski definition) is 0. The molecule has 4 aromatic carbocycles. The Hall–Kier alpha value is -2.87. The fraction of sp³-hybridized carbons (Fsp3) is 0.0500. The van der Waals surface area contributed by atoms with Crippen molar-refractivity contribution >= 4 is 38.3 Å². The first-order valence-electron chi connectivity index (χ1n) is 7.20. The van der Waals surface area contributed by atoms with E-state index in [-0.39, 0.29) is 5.97 Å². The minimum atomic E-state index is -0.305. The van der Waals surface area contributed by atoms with Crippen LogP contribution >= 0.6 is 0 Å². The third-order valence-corrected chi connectivity index (χ3v) is 4.16. The summed E-state index contributed by atoms with van der Waals surface area (Å²) in [5.74, 6) is -0.305. The van der Waals surface area contributed by atoms with Crippen molar-refractivity contribution in [3.63, 3.8) is 0 Å². The number of hydrogen-bond acceptors (Lipinski definition) is 2. The summed E-state index contributed by atoms with van der Waals surface area (Å²) in [6, 6.07) is 22.6. The normalized spacial score (nSPS) is 11.1. The topological polar surface area (TPSA) is 26.3 Å². The molecule has 106 valence electrons. The lowest BCUT2D eigenvalue weighted by Gasteiger charge is -2.08. The van der Waals surface area contributed by atoms with Gasteiger partial charge in [-0.2, -0.15) is 0 Å². The lowest BCUT2D eigenvalue weighted by atomic mass is 9.96. The summed E-state index contributed by atoms with van der Waals surface area (Å²) >= 11 is 0. The third-order valence-electron chi connectivity index (χ3n) is 4.16. The molecule has 0 saturated heterocycles. The van der Waals surface area contributed by atoms with Gasteiger partial charge in [-0.05, 0) is 44.5 Å². The fourth-order valence-corrected chi connectivity index (χ4v) is 3.07. The molecule has 0 unspecified atom stereocenters. The van der Waals surface area contributed by atoms with E-state index in [2.05, 4.69) is 48.5 Å². The predicted molar refractivity (Wildman–Crippen MR) is 90.3 cm³/mol. The maximum atomic E-state index is 11.7. The Morgan fingerprint density at radius 1 is 0.727 bits per heavy atom. The molecule has 0 amide bonds. The highest BCUT2D eigenvalue weighted by atomic mass is 16.5. The van der Waals surface area contributed by atoms with Crippen molar-refractivity contribution in [3.05, 3.63) is 72.3 Å². The number of benzene rings is 4. The zero-order valence-electron chi connectivity index (χ0n) is 12.2. The van der Waals surface area contributed by atoms with Crippen LogP contribution in [-0.4, -0.2) is 13.1 Å². The molecule has 0 aromatic heterocycles. The van der Waals surface area contributed by atoms with Gasteiger partial charge in [0, 0.05) is 0 Å². The lowest BCUT2D eigenvalue weighted by molar-refractivity contribution is 0.0601. The molecule has 0 aliphatic rings. The van der Waals surface area contributed by atoms with E-state index in [0.29, 0.717) is 5.56 Å². The van der Waals surface area contributed by atoms with E-state index >= 15 is 0 Å². The van der Waals surface area contributed by atoms with Gasteiger partial charge < -0.3 is 4.74 Å². The molecule has 0 aliphatic heterocycles. The Labute approximate surface area is 127 Å². The van der Waals surface area contributed by atoms with Crippen LogP contribution in [0, 0.1) is 0 Å². The van der Waals surface area contributed by atoms with Crippen LogP contribution in [-0.2, 0) is 4.74 Å². The van der Waals surface area contributed by atoms with Gasteiger partial charge in [-0.1, -0.05) is 54.6 Å². The van der Waals surface area contributed by atoms with Gasteiger partial charge >= 0.3 is 5.97 Å². The smallest absolute Gasteiger partial charge is 0.337 e. The molecule has 2 nitrogen and oxygen atoms in total. The van der Waals surface area contributed by atoms with Crippen LogP contribution in [0.2, 0.25) is 0 Å². The summed E-state index contributed by atoms with van der Waals surface area (Å²) in [4.78, 5) is 11.7. The van der Waals surface area contributed by atoms with E-state index in [1.54, 1.807) is 0 Å². The third kappa shape index (κ3) is 1.85. The standard InChI is InChI=1S/C20H14O2/c1-22-20(21)15-8-9-17-14(12-15)7-11-18-16-5-3-2-4-13(16)6-10-19(17)18/h2-12H,1H3. The Kier molecular flexibility index (Phi) is 2.83. The van der Waals surface area contributed by atoms with Crippen LogP contribution in [0.1, 0.15) is 10.4 Å². The zero-order chi connectivity index (χ0) is 15.1. The van der Waals surface area contributed by atoms with Crippen LogP contribution in [0.4, 0.5) is 0 Å². The van der Waals surface area contributed by atoms with Gasteiger partial charge in [0.15, 0.2) is 0 Å². The minimum Gasteiger partial charge on any atom is -0.465 e. The highest BCUT2D eigenvalue weighted by Gasteiger charge is 2.08. The molecule has 0 fully saturated rings. The molecule has 0 radical (unpaired) electrons. The monoisotopic (exact) mass is 286 g/mol. The van der Waals surface area contributed by atoms with Crippen molar-refractivity contribution in [2.24, 2.45) is 0 Å². The molecule has 0 bridgehead atoms. The Balaban J connectivity index is 2.07. The first-order valence-corrected chi connectivity index (χ1v) is 7.20. The number of rotatable bonds is 1. The first kappa shape index (κ1) is 12.8. The van der Waals surface area contributed by atoms with Crippen molar-refractivity contribution in [2.75, 3.05) is 7.11 Å². The maximum absolute atomic E-state index is 11.7. The molecule has 0 heterocycles. The van der Waals surface area contributed by atoms with Gasteiger partial charge in [-0.3, -0.25) is 0 Å². The van der Waals surface area contributed by atoms with Crippen molar-refractivity contribution in [2.45, 2.75) is 0 Å². The number of esters is 1. The van der Waals surface area contributed by atoms with E-state index in [1.807, 2.05) is 18.2 Å². The molecule has 4 rings (SSSR count). The van der Waals surface area contributed by atoms with Crippen LogP contribution in [0.25, 0.3) is 32.3 Å². The Morgan fingerprint density at radius 2 is 1.36 bits per heavy atom. The number of ether oxygens (including phenoxy) is 1. The van der Waals surface area contributed by atoms with Crippen LogP contribution in [0.15, 0.2) is 66.7 Å². The van der Waals surface area contributed by atoms with E-state index in [0.717, 1.165) is 10.8 Å². The average Bonchev–Trinajstić information content (AvgIpc) is 2.59. The van der Waals surface area contributed by atoms with Gasteiger partial charge in [0.25, 0.3) is 0 Å². The van der Waals surface area contributed by atoms with Gasteiger partial charge in [-0.15, -0.1) is 0 Å². The molecular formula is C20H14O2. The number of methoxy groups -OCH3 is 1. The number of carbonyl (C=O) groups is 1. The Morgan fingerprint density at radius 3 is 2.14 bits per heavy atom. The molecule has 0 aliphatic carbocycles.